The summed E-state index contributed by atoms with van der Waals surface area (Å²) in [6.07, 6.45) is 12.5. The van der Waals surface area contributed by atoms with Gasteiger partial charge < -0.3 is 10.1 Å². The summed E-state index contributed by atoms with van der Waals surface area (Å²) in [5.74, 6) is 1.00. The Morgan fingerprint density at radius 1 is 1.17 bits per heavy atom. The van der Waals surface area contributed by atoms with Crippen LogP contribution in [0.2, 0.25) is 0 Å². The lowest BCUT2D eigenvalue weighted by atomic mass is 9.84. The molecule has 0 aromatic heterocycles. The maximum absolute atomic E-state index is 5.50. The normalized spacial score (nSPS) is 20.0. The Balaban J connectivity index is 2.20. The van der Waals surface area contributed by atoms with Crippen molar-refractivity contribution in [1.29, 1.82) is 0 Å². The van der Waals surface area contributed by atoms with E-state index >= 15 is 0 Å². The lowest BCUT2D eigenvalue weighted by Gasteiger charge is -2.27. The van der Waals surface area contributed by atoms with Crippen molar-refractivity contribution in [3.8, 4) is 0 Å². The highest BCUT2D eigenvalue weighted by atomic mass is 16.5. The van der Waals surface area contributed by atoms with E-state index in [0.717, 1.165) is 12.3 Å². The molecule has 1 aliphatic carbocycles. The fraction of sp³-hybridized carbons (Fsp3) is 1.00. The molecule has 0 aromatic carbocycles. The third-order valence-corrected chi connectivity index (χ3v) is 4.70. The summed E-state index contributed by atoms with van der Waals surface area (Å²) in [7, 11) is 3.92. The van der Waals surface area contributed by atoms with E-state index in [1.807, 2.05) is 7.11 Å². The van der Waals surface area contributed by atoms with Gasteiger partial charge in [-0.25, -0.2) is 0 Å². The van der Waals surface area contributed by atoms with Crippen molar-refractivity contribution in [3.63, 3.8) is 0 Å². The molecule has 0 radical (unpaired) electrons. The molecule has 1 aliphatic rings. The second-order valence-electron chi connectivity index (χ2n) is 6.57. The van der Waals surface area contributed by atoms with E-state index in [9.17, 15) is 0 Å². The Morgan fingerprint density at radius 3 is 2.39 bits per heavy atom. The second-order valence-corrected chi connectivity index (χ2v) is 6.57. The maximum Gasteiger partial charge on any atom is 0.0623 e. The van der Waals surface area contributed by atoms with E-state index in [0.29, 0.717) is 6.04 Å². The Morgan fingerprint density at radius 2 is 1.83 bits per heavy atom. The van der Waals surface area contributed by atoms with Crippen LogP contribution in [-0.4, -0.2) is 25.8 Å². The van der Waals surface area contributed by atoms with Crippen molar-refractivity contribution in [2.24, 2.45) is 5.92 Å². The average Bonchev–Trinajstić information content (AvgIpc) is 2.40. The zero-order valence-electron chi connectivity index (χ0n) is 12.9. The van der Waals surface area contributed by atoms with Gasteiger partial charge in [-0.2, -0.15) is 0 Å². The minimum absolute atomic E-state index is 0.0277. The topological polar surface area (TPSA) is 21.3 Å². The lowest BCUT2D eigenvalue weighted by molar-refractivity contribution is 0.0115. The summed E-state index contributed by atoms with van der Waals surface area (Å²) in [5, 5.41) is 3.48. The van der Waals surface area contributed by atoms with Crippen LogP contribution in [0.25, 0.3) is 0 Å². The fourth-order valence-electron chi connectivity index (χ4n) is 2.97. The van der Waals surface area contributed by atoms with Crippen molar-refractivity contribution < 1.29 is 4.74 Å². The van der Waals surface area contributed by atoms with Gasteiger partial charge in [0.05, 0.1) is 5.60 Å². The van der Waals surface area contributed by atoms with Crippen molar-refractivity contribution in [2.75, 3.05) is 14.2 Å². The first-order valence-corrected chi connectivity index (χ1v) is 7.80. The smallest absolute Gasteiger partial charge is 0.0623 e. The minimum Gasteiger partial charge on any atom is -0.379 e. The van der Waals surface area contributed by atoms with Gasteiger partial charge in [-0.05, 0) is 52.5 Å². The molecule has 1 saturated carbocycles. The molecule has 1 N–H and O–H groups in total. The Labute approximate surface area is 114 Å². The van der Waals surface area contributed by atoms with E-state index in [1.54, 1.807) is 0 Å². The molecular weight excluding hydrogens is 222 g/mol. The van der Waals surface area contributed by atoms with Gasteiger partial charge in [-0.15, -0.1) is 0 Å². The van der Waals surface area contributed by atoms with E-state index in [-0.39, 0.29) is 5.60 Å². The van der Waals surface area contributed by atoms with Crippen molar-refractivity contribution in [1.82, 2.24) is 5.32 Å². The van der Waals surface area contributed by atoms with Gasteiger partial charge >= 0.3 is 0 Å². The van der Waals surface area contributed by atoms with Crippen LogP contribution in [0.1, 0.15) is 71.6 Å². The summed E-state index contributed by atoms with van der Waals surface area (Å²) < 4.78 is 5.50. The van der Waals surface area contributed by atoms with Gasteiger partial charge in [0.15, 0.2) is 0 Å². The molecule has 0 aliphatic heterocycles. The molecule has 0 amide bonds. The van der Waals surface area contributed by atoms with Gasteiger partial charge in [0.1, 0.15) is 0 Å². The number of hydrogen-bond donors (Lipinski definition) is 1. The van der Waals surface area contributed by atoms with E-state index in [2.05, 4.69) is 26.2 Å². The SMILES string of the molecule is CNC(CCC1CCCCC1)CCC(C)(C)OC. The lowest BCUT2D eigenvalue weighted by Crippen LogP contribution is -2.31. The van der Waals surface area contributed by atoms with Crippen molar-refractivity contribution in [2.45, 2.75) is 83.3 Å². The van der Waals surface area contributed by atoms with Gasteiger partial charge in [-0.1, -0.05) is 32.1 Å². The van der Waals surface area contributed by atoms with Gasteiger partial charge in [0.2, 0.25) is 0 Å². The van der Waals surface area contributed by atoms with E-state index in [1.165, 1.54) is 51.4 Å². The molecule has 0 bridgehead atoms. The molecular formula is C16H33NO. The Bertz CT molecular complexity index is 209. The van der Waals surface area contributed by atoms with Crippen LogP contribution in [0.5, 0.6) is 0 Å². The van der Waals surface area contributed by atoms with Crippen molar-refractivity contribution >= 4 is 0 Å². The van der Waals surface area contributed by atoms with Gasteiger partial charge in [-0.3, -0.25) is 0 Å². The monoisotopic (exact) mass is 255 g/mol. The zero-order valence-corrected chi connectivity index (χ0v) is 12.9. The van der Waals surface area contributed by atoms with E-state index in [4.69, 9.17) is 4.74 Å². The average molecular weight is 255 g/mol. The largest absolute Gasteiger partial charge is 0.379 e. The van der Waals surface area contributed by atoms with Crippen LogP contribution < -0.4 is 5.32 Å². The fourth-order valence-corrected chi connectivity index (χ4v) is 2.97. The predicted octanol–water partition coefficient (Wildman–Crippen LogP) is 4.14. The molecule has 0 aromatic rings. The highest BCUT2D eigenvalue weighted by molar-refractivity contribution is 4.75. The van der Waals surface area contributed by atoms with Crippen LogP contribution in [0, 0.1) is 5.92 Å². The van der Waals surface area contributed by atoms with E-state index < -0.39 is 0 Å². The second kappa shape index (κ2) is 8.16. The molecule has 1 unspecified atom stereocenters. The summed E-state index contributed by atoms with van der Waals surface area (Å²) >= 11 is 0. The number of hydrogen-bond acceptors (Lipinski definition) is 2. The Hall–Kier alpha value is -0.0800. The number of rotatable bonds is 8. The summed E-state index contributed by atoms with van der Waals surface area (Å²) in [6, 6.07) is 0.668. The van der Waals surface area contributed by atoms with Gasteiger partial charge in [0, 0.05) is 13.2 Å². The number of nitrogens with one attached hydrogen (secondary N) is 1. The number of ether oxygens (including phenoxy) is 1. The maximum atomic E-state index is 5.50. The summed E-state index contributed by atoms with van der Waals surface area (Å²) in [4.78, 5) is 0. The molecule has 0 saturated heterocycles. The van der Waals surface area contributed by atoms with Gasteiger partial charge in [0.25, 0.3) is 0 Å². The molecule has 1 fully saturated rings. The zero-order chi connectivity index (χ0) is 13.4. The van der Waals surface area contributed by atoms with Crippen LogP contribution in [0.3, 0.4) is 0 Å². The first-order valence-electron chi connectivity index (χ1n) is 7.80. The molecule has 0 heterocycles. The predicted molar refractivity (Wildman–Crippen MR) is 79.0 cm³/mol. The Kier molecular flexibility index (Phi) is 7.25. The summed E-state index contributed by atoms with van der Waals surface area (Å²) in [6.45, 7) is 4.36. The van der Waals surface area contributed by atoms with Crippen LogP contribution >= 0.6 is 0 Å². The molecule has 2 nitrogen and oxygen atoms in total. The molecule has 1 rings (SSSR count). The first kappa shape index (κ1) is 16.0. The highest BCUT2D eigenvalue weighted by Gasteiger charge is 2.20. The molecule has 18 heavy (non-hydrogen) atoms. The molecule has 108 valence electrons. The highest BCUT2D eigenvalue weighted by Crippen LogP contribution is 2.28. The van der Waals surface area contributed by atoms with Crippen LogP contribution in [-0.2, 0) is 4.74 Å². The van der Waals surface area contributed by atoms with Crippen molar-refractivity contribution in [3.05, 3.63) is 0 Å². The van der Waals surface area contributed by atoms with Crippen LogP contribution in [0.15, 0.2) is 0 Å². The first-order chi connectivity index (χ1) is 8.57. The van der Waals surface area contributed by atoms with Crippen LogP contribution in [0.4, 0.5) is 0 Å². The summed E-state index contributed by atoms with van der Waals surface area (Å²) in [5.41, 5.74) is 0.0277. The third-order valence-electron chi connectivity index (χ3n) is 4.70. The molecule has 0 spiro atoms. The standard InChI is InChI=1S/C16H33NO/c1-16(2,18-4)13-12-15(17-3)11-10-14-8-6-5-7-9-14/h14-15,17H,5-13H2,1-4H3. The molecule has 1 atom stereocenters. The minimum atomic E-state index is 0.0277. The quantitative estimate of drug-likeness (QED) is 0.704. The molecule has 2 heteroatoms. The third kappa shape index (κ3) is 6.19. The number of methoxy groups -OCH3 is 1.